The van der Waals surface area contributed by atoms with E-state index in [1.165, 1.54) is 25.1 Å². The lowest BCUT2D eigenvalue weighted by Gasteiger charge is -2.32. The molecule has 1 atom stereocenters. The molecular weight excluding hydrogens is 274 g/mol. The molecule has 1 aliphatic rings. The molecule has 22 heavy (non-hydrogen) atoms. The van der Waals surface area contributed by atoms with Gasteiger partial charge in [-0.05, 0) is 43.9 Å². The van der Waals surface area contributed by atoms with E-state index < -0.39 is 0 Å². The Labute approximate surface area is 132 Å². The highest BCUT2D eigenvalue weighted by atomic mass is 15.1. The summed E-state index contributed by atoms with van der Waals surface area (Å²) in [6.45, 7) is 3.38. The molecule has 1 aliphatic heterocycles. The fraction of sp³-hybridized carbons (Fsp3) is 0.529. The van der Waals surface area contributed by atoms with Gasteiger partial charge >= 0.3 is 0 Å². The summed E-state index contributed by atoms with van der Waals surface area (Å²) in [4.78, 5) is 11.4. The number of anilines is 1. The van der Waals surface area contributed by atoms with Crippen molar-refractivity contribution in [3.8, 4) is 0 Å². The lowest BCUT2D eigenvalue weighted by Crippen LogP contribution is -2.36. The van der Waals surface area contributed by atoms with Gasteiger partial charge in [-0.1, -0.05) is 0 Å². The molecule has 1 N–H and O–H groups in total. The van der Waals surface area contributed by atoms with E-state index in [0.29, 0.717) is 5.92 Å². The average Bonchev–Trinajstić information content (AvgIpc) is 2.93. The Balaban J connectivity index is 1.62. The zero-order chi connectivity index (χ0) is 15.4. The van der Waals surface area contributed by atoms with Crippen molar-refractivity contribution in [2.45, 2.75) is 25.8 Å². The Bertz CT molecular complexity index is 607. The van der Waals surface area contributed by atoms with E-state index in [0.717, 1.165) is 31.0 Å². The first-order valence-electron chi connectivity index (χ1n) is 8.06. The smallest absolute Gasteiger partial charge is 0.147 e. The van der Waals surface area contributed by atoms with Gasteiger partial charge in [0.25, 0.3) is 0 Å². The topological polar surface area (TPSA) is 46.0 Å². The Morgan fingerprint density at radius 2 is 2.18 bits per heavy atom. The first-order chi connectivity index (χ1) is 10.8. The third-order valence-electron chi connectivity index (χ3n) is 4.53. The zero-order valence-corrected chi connectivity index (χ0v) is 13.5. The van der Waals surface area contributed by atoms with E-state index in [-0.39, 0.29) is 0 Å². The molecule has 3 heterocycles. The predicted molar refractivity (Wildman–Crippen MR) is 88.7 cm³/mol. The Morgan fingerprint density at radius 3 is 2.95 bits per heavy atom. The molecule has 1 saturated heterocycles. The summed E-state index contributed by atoms with van der Waals surface area (Å²) in [5.74, 6) is 1.58. The van der Waals surface area contributed by atoms with E-state index in [4.69, 9.17) is 0 Å². The molecular formula is C17H25N5. The third-order valence-corrected chi connectivity index (χ3v) is 4.53. The van der Waals surface area contributed by atoms with Crippen LogP contribution in [0.25, 0.3) is 0 Å². The number of rotatable bonds is 5. The van der Waals surface area contributed by atoms with Gasteiger partial charge in [0.15, 0.2) is 0 Å². The quantitative estimate of drug-likeness (QED) is 0.920. The average molecular weight is 299 g/mol. The molecule has 5 heteroatoms. The highest BCUT2D eigenvalue weighted by Gasteiger charge is 2.22. The highest BCUT2D eigenvalue weighted by molar-refractivity contribution is 5.38. The van der Waals surface area contributed by atoms with Crippen LogP contribution < -0.4 is 5.32 Å². The van der Waals surface area contributed by atoms with Gasteiger partial charge in [-0.25, -0.2) is 4.98 Å². The van der Waals surface area contributed by atoms with Crippen molar-refractivity contribution in [1.82, 2.24) is 19.4 Å². The maximum absolute atomic E-state index is 4.51. The molecule has 0 saturated carbocycles. The number of nitrogens with zero attached hydrogens (tertiary/aromatic N) is 4. The van der Waals surface area contributed by atoms with Crippen molar-refractivity contribution < 1.29 is 0 Å². The maximum Gasteiger partial charge on any atom is 0.147 e. The largest absolute Gasteiger partial charge is 0.372 e. The second-order valence-corrected chi connectivity index (χ2v) is 6.16. The molecule has 5 nitrogen and oxygen atoms in total. The number of aryl methyl sites for hydroxylation is 1. The number of aromatic nitrogens is 3. The van der Waals surface area contributed by atoms with Gasteiger partial charge in [-0.15, -0.1) is 0 Å². The molecule has 2 aromatic rings. The van der Waals surface area contributed by atoms with Gasteiger partial charge in [0, 0.05) is 51.5 Å². The van der Waals surface area contributed by atoms with Crippen LogP contribution in [0.3, 0.4) is 0 Å². The Morgan fingerprint density at radius 1 is 1.32 bits per heavy atom. The van der Waals surface area contributed by atoms with Gasteiger partial charge in [0.1, 0.15) is 5.82 Å². The minimum atomic E-state index is 0.665. The van der Waals surface area contributed by atoms with Crippen molar-refractivity contribution in [1.29, 1.82) is 0 Å². The summed E-state index contributed by atoms with van der Waals surface area (Å²) in [6.07, 6.45) is 9.22. The summed E-state index contributed by atoms with van der Waals surface area (Å²) < 4.78 is 2.21. The molecule has 0 unspecified atom stereocenters. The summed E-state index contributed by atoms with van der Waals surface area (Å²) in [5.41, 5.74) is 2.48. The molecule has 0 spiro atoms. The van der Waals surface area contributed by atoms with Crippen LogP contribution in [0, 0.1) is 5.92 Å². The molecule has 118 valence electrons. The van der Waals surface area contributed by atoms with Crippen molar-refractivity contribution in [2.24, 2.45) is 13.0 Å². The normalized spacial score (nSPS) is 19.3. The molecule has 0 aliphatic carbocycles. The number of nitrogens with one attached hydrogen (secondary N) is 1. The van der Waals surface area contributed by atoms with Gasteiger partial charge in [0.05, 0.1) is 5.69 Å². The van der Waals surface area contributed by atoms with Crippen LogP contribution in [0.2, 0.25) is 0 Å². The monoisotopic (exact) mass is 299 g/mol. The van der Waals surface area contributed by atoms with Crippen molar-refractivity contribution >= 4 is 5.82 Å². The number of hydrogen-bond donors (Lipinski definition) is 1. The number of likely N-dealkylation sites (tertiary alicyclic amines) is 1. The Hall–Kier alpha value is -1.88. The molecule has 1 fully saturated rings. The van der Waals surface area contributed by atoms with E-state index in [1.807, 2.05) is 7.05 Å². The molecule has 2 aromatic heterocycles. The van der Waals surface area contributed by atoms with Crippen LogP contribution in [0.4, 0.5) is 5.82 Å². The van der Waals surface area contributed by atoms with Crippen LogP contribution >= 0.6 is 0 Å². The van der Waals surface area contributed by atoms with Gasteiger partial charge < -0.3 is 9.88 Å². The molecule has 0 amide bonds. The van der Waals surface area contributed by atoms with E-state index in [2.05, 4.69) is 50.1 Å². The van der Waals surface area contributed by atoms with E-state index >= 15 is 0 Å². The zero-order valence-electron chi connectivity index (χ0n) is 13.5. The highest BCUT2D eigenvalue weighted by Crippen LogP contribution is 2.23. The summed E-state index contributed by atoms with van der Waals surface area (Å²) in [6, 6.07) is 4.33. The second-order valence-electron chi connectivity index (χ2n) is 6.16. The third kappa shape index (κ3) is 3.47. The van der Waals surface area contributed by atoms with Crippen LogP contribution in [-0.2, 0) is 20.0 Å². The van der Waals surface area contributed by atoms with Crippen LogP contribution in [0.15, 0.2) is 30.7 Å². The molecule has 0 aromatic carbocycles. The van der Waals surface area contributed by atoms with Crippen LogP contribution in [0.1, 0.15) is 24.2 Å². The minimum absolute atomic E-state index is 0.665. The van der Waals surface area contributed by atoms with E-state index in [9.17, 15) is 0 Å². The van der Waals surface area contributed by atoms with Crippen LogP contribution in [0.5, 0.6) is 0 Å². The van der Waals surface area contributed by atoms with Crippen molar-refractivity contribution in [3.63, 3.8) is 0 Å². The molecule has 0 radical (unpaired) electrons. The molecule has 0 bridgehead atoms. The number of piperidine rings is 1. The first kappa shape index (κ1) is 15.0. The SMILES string of the molecule is CNc1nccnc1C[C@H]1CCCN(Cc2cccn2C)C1. The predicted octanol–water partition coefficient (Wildman–Crippen LogP) is 2.31. The standard InChI is InChI=1S/C17H25N5/c1-18-17-16(19-7-8-20-17)11-14-5-3-10-22(12-14)13-15-6-4-9-21(15)2/h4,6-9,14H,3,5,10-13H2,1-2H3,(H,18,20)/t14-/m1/s1. The minimum Gasteiger partial charge on any atom is -0.372 e. The fourth-order valence-corrected chi connectivity index (χ4v) is 3.35. The van der Waals surface area contributed by atoms with Gasteiger partial charge in [0.2, 0.25) is 0 Å². The summed E-state index contributed by atoms with van der Waals surface area (Å²) >= 11 is 0. The summed E-state index contributed by atoms with van der Waals surface area (Å²) in [5, 5.41) is 3.15. The molecule has 3 rings (SSSR count). The van der Waals surface area contributed by atoms with Gasteiger partial charge in [-0.3, -0.25) is 9.88 Å². The fourth-order valence-electron chi connectivity index (χ4n) is 3.35. The maximum atomic E-state index is 4.51. The second kappa shape index (κ2) is 6.92. The van der Waals surface area contributed by atoms with Gasteiger partial charge in [-0.2, -0.15) is 0 Å². The van der Waals surface area contributed by atoms with E-state index in [1.54, 1.807) is 12.4 Å². The van der Waals surface area contributed by atoms with Crippen molar-refractivity contribution in [3.05, 3.63) is 42.1 Å². The first-order valence-corrected chi connectivity index (χ1v) is 8.06. The lowest BCUT2D eigenvalue weighted by molar-refractivity contribution is 0.163. The van der Waals surface area contributed by atoms with Crippen LogP contribution in [-0.4, -0.2) is 39.6 Å². The lowest BCUT2D eigenvalue weighted by atomic mass is 9.93. The van der Waals surface area contributed by atoms with Crippen molar-refractivity contribution in [2.75, 3.05) is 25.5 Å². The summed E-state index contributed by atoms with van der Waals surface area (Å²) in [7, 11) is 4.03. The Kier molecular flexibility index (Phi) is 4.73. The number of hydrogen-bond acceptors (Lipinski definition) is 4.